The molecule has 5 rings (SSSR count). The summed E-state index contributed by atoms with van der Waals surface area (Å²) in [5, 5.41) is 22.6. The third kappa shape index (κ3) is 3.49. The number of carbonyl (C=O) groups excluding carboxylic acids is 2. The minimum absolute atomic E-state index is 0.0266. The van der Waals surface area contributed by atoms with Gasteiger partial charge in [-0.3, -0.25) is 9.59 Å². The molecule has 0 aromatic carbocycles. The molecule has 5 nitrogen and oxygen atoms in total. The Morgan fingerprint density at radius 2 is 1.61 bits per heavy atom. The van der Waals surface area contributed by atoms with Crippen LogP contribution in [0.15, 0.2) is 11.6 Å². The molecule has 8 unspecified atom stereocenters. The van der Waals surface area contributed by atoms with Crippen molar-refractivity contribution in [3.8, 4) is 12.1 Å². The number of allylic oxidation sites excluding steroid dienone is 2. The molecule has 0 aromatic heterocycles. The highest BCUT2D eigenvalue weighted by Crippen LogP contribution is 2.75. The second-order valence-electron chi connectivity index (χ2n) is 15.8. The van der Waals surface area contributed by atoms with E-state index in [9.17, 15) is 20.1 Å². The van der Waals surface area contributed by atoms with Crippen LogP contribution in [-0.2, 0) is 9.59 Å². The van der Waals surface area contributed by atoms with E-state index in [-0.39, 0.29) is 56.2 Å². The highest BCUT2D eigenvalue weighted by molar-refractivity contribution is 6.04. The fraction of sp³-hybridized carbons (Fsp3) is 0.818. The minimum Gasteiger partial charge on any atom is -0.304 e. The zero-order chi connectivity index (χ0) is 27.9. The number of Topliss-reactive ketones (excluding diaryl/α,β-unsaturated/α-hetero) is 2. The molecular formula is C33H47N3O2. The largest absolute Gasteiger partial charge is 0.304 e. The summed E-state index contributed by atoms with van der Waals surface area (Å²) in [5.74, 6) is 0.982. The van der Waals surface area contributed by atoms with Crippen LogP contribution < -0.4 is 5.32 Å². The van der Waals surface area contributed by atoms with Gasteiger partial charge in [0.25, 0.3) is 0 Å². The van der Waals surface area contributed by atoms with E-state index in [1.807, 2.05) is 19.9 Å². The van der Waals surface area contributed by atoms with Crippen molar-refractivity contribution in [3.63, 3.8) is 0 Å². The van der Waals surface area contributed by atoms with Gasteiger partial charge >= 0.3 is 0 Å². The molecule has 5 aliphatic rings. The van der Waals surface area contributed by atoms with Gasteiger partial charge in [0.2, 0.25) is 0 Å². The fourth-order valence-electron chi connectivity index (χ4n) is 11.1. The molecule has 206 valence electrons. The molecule has 5 heteroatoms. The second kappa shape index (κ2) is 8.51. The van der Waals surface area contributed by atoms with E-state index in [4.69, 9.17) is 0 Å². The molecule has 0 amide bonds. The van der Waals surface area contributed by atoms with Crippen molar-refractivity contribution in [1.82, 2.24) is 5.32 Å². The molecule has 0 bridgehead atoms. The Hall–Kier alpha value is -1.98. The van der Waals surface area contributed by atoms with Gasteiger partial charge in [-0.2, -0.15) is 10.5 Å². The van der Waals surface area contributed by atoms with E-state index >= 15 is 0 Å². The van der Waals surface area contributed by atoms with Gasteiger partial charge in [-0.25, -0.2) is 0 Å². The number of ketones is 2. The van der Waals surface area contributed by atoms with E-state index in [0.29, 0.717) is 24.7 Å². The summed E-state index contributed by atoms with van der Waals surface area (Å²) in [7, 11) is 0. The van der Waals surface area contributed by atoms with Crippen LogP contribution in [0, 0.1) is 78.8 Å². The number of nitrogens with one attached hydrogen (secondary N) is 1. The molecule has 0 spiro atoms. The third-order valence-electron chi connectivity index (χ3n) is 13.3. The Labute approximate surface area is 229 Å². The molecule has 1 N–H and O–H groups in total. The number of hydrogen-bond donors (Lipinski definition) is 1. The molecule has 0 aliphatic heterocycles. The van der Waals surface area contributed by atoms with E-state index in [2.05, 4.69) is 52.1 Å². The zero-order valence-corrected chi connectivity index (χ0v) is 24.7. The summed E-state index contributed by atoms with van der Waals surface area (Å²) in [4.78, 5) is 27.8. The van der Waals surface area contributed by atoms with Crippen molar-refractivity contribution in [2.75, 3.05) is 13.1 Å². The van der Waals surface area contributed by atoms with Crippen molar-refractivity contribution in [1.29, 1.82) is 10.5 Å². The summed E-state index contributed by atoms with van der Waals surface area (Å²) >= 11 is 0. The Morgan fingerprint density at radius 3 is 2.26 bits per heavy atom. The number of nitrogens with zero attached hydrogens (tertiary/aromatic N) is 2. The van der Waals surface area contributed by atoms with Gasteiger partial charge in [0.1, 0.15) is 11.9 Å². The second-order valence-corrected chi connectivity index (χ2v) is 15.8. The minimum atomic E-state index is -0.599. The molecule has 5 aliphatic carbocycles. The predicted molar refractivity (Wildman–Crippen MR) is 147 cm³/mol. The molecule has 38 heavy (non-hydrogen) atoms. The van der Waals surface area contributed by atoms with Gasteiger partial charge < -0.3 is 5.32 Å². The number of nitriles is 2. The van der Waals surface area contributed by atoms with Crippen LogP contribution in [-0.4, -0.2) is 24.7 Å². The van der Waals surface area contributed by atoms with E-state index in [1.54, 1.807) is 0 Å². The third-order valence-corrected chi connectivity index (χ3v) is 13.3. The Balaban J connectivity index is 1.60. The fourth-order valence-corrected chi connectivity index (χ4v) is 11.1. The first-order valence-electron chi connectivity index (χ1n) is 14.9. The average molecular weight is 518 g/mol. The number of hydrogen-bond acceptors (Lipinski definition) is 5. The maximum absolute atomic E-state index is 14.5. The summed E-state index contributed by atoms with van der Waals surface area (Å²) in [6.07, 6.45) is 9.99. The predicted octanol–water partition coefficient (Wildman–Crippen LogP) is 6.40. The quantitative estimate of drug-likeness (QED) is 0.345. The zero-order valence-electron chi connectivity index (χ0n) is 24.7. The van der Waals surface area contributed by atoms with E-state index < -0.39 is 5.41 Å². The SMILES string of the molecule is CC1(C)CCC2(CNCC#N)CCC3(C)C(C(=O)CC4C5(C)C=C(C#N)C(=O)C(C)(C)C5CCC43C)C2C1. The summed E-state index contributed by atoms with van der Waals surface area (Å²) < 4.78 is 0. The van der Waals surface area contributed by atoms with Crippen LogP contribution in [0.2, 0.25) is 0 Å². The summed E-state index contributed by atoms with van der Waals surface area (Å²) in [6.45, 7) is 17.1. The van der Waals surface area contributed by atoms with Crippen LogP contribution in [0.1, 0.15) is 99.8 Å². The van der Waals surface area contributed by atoms with Crippen molar-refractivity contribution in [2.45, 2.75) is 99.8 Å². The lowest BCUT2D eigenvalue weighted by molar-refractivity contribution is -0.222. The normalized spacial score (nSPS) is 46.8. The monoisotopic (exact) mass is 517 g/mol. The first kappa shape index (κ1) is 27.6. The molecule has 0 aromatic rings. The molecule has 0 saturated heterocycles. The standard InChI is InChI=1S/C33H47N3O2/c1-28(2)10-12-33(20-36-15-14-34)13-11-32(7)26(22(33)18-28)23(37)16-25-30(5)17-21(19-35)27(38)29(3,4)24(30)8-9-31(25,32)6/h17,22,24-26,36H,8-13,15-16,18,20H2,1-7H3. The average Bonchev–Trinajstić information content (AvgIpc) is 2.83. The van der Waals surface area contributed by atoms with E-state index in [0.717, 1.165) is 45.1 Å². The Bertz CT molecular complexity index is 1170. The molecule has 0 radical (unpaired) electrons. The van der Waals surface area contributed by atoms with Gasteiger partial charge in [0.05, 0.1) is 18.2 Å². The van der Waals surface area contributed by atoms with Crippen LogP contribution >= 0.6 is 0 Å². The molecule has 4 fully saturated rings. The van der Waals surface area contributed by atoms with Crippen molar-refractivity contribution < 1.29 is 9.59 Å². The van der Waals surface area contributed by atoms with Crippen LogP contribution in [0.5, 0.6) is 0 Å². The smallest absolute Gasteiger partial charge is 0.178 e. The van der Waals surface area contributed by atoms with Crippen molar-refractivity contribution in [3.05, 3.63) is 11.6 Å². The molecule has 4 saturated carbocycles. The van der Waals surface area contributed by atoms with Crippen molar-refractivity contribution in [2.24, 2.45) is 56.2 Å². The van der Waals surface area contributed by atoms with Gasteiger partial charge in [0, 0.05) is 24.3 Å². The van der Waals surface area contributed by atoms with Gasteiger partial charge in [-0.05, 0) is 89.8 Å². The highest BCUT2D eigenvalue weighted by atomic mass is 16.1. The Kier molecular flexibility index (Phi) is 6.18. The van der Waals surface area contributed by atoms with Crippen LogP contribution in [0.3, 0.4) is 0 Å². The lowest BCUT2D eigenvalue weighted by atomic mass is 9.31. The maximum Gasteiger partial charge on any atom is 0.178 e. The molecular weight excluding hydrogens is 470 g/mol. The van der Waals surface area contributed by atoms with Gasteiger partial charge in [-0.15, -0.1) is 0 Å². The highest BCUT2D eigenvalue weighted by Gasteiger charge is 2.72. The lowest BCUT2D eigenvalue weighted by Crippen LogP contribution is -2.69. The lowest BCUT2D eigenvalue weighted by Gasteiger charge is -2.72. The summed E-state index contributed by atoms with van der Waals surface area (Å²) in [6, 6.07) is 4.47. The number of rotatable bonds is 3. The first-order valence-corrected chi connectivity index (χ1v) is 14.9. The Morgan fingerprint density at radius 1 is 0.921 bits per heavy atom. The van der Waals surface area contributed by atoms with E-state index in [1.165, 1.54) is 6.42 Å². The first-order chi connectivity index (χ1) is 17.6. The van der Waals surface area contributed by atoms with Gasteiger partial charge in [0.15, 0.2) is 5.78 Å². The van der Waals surface area contributed by atoms with Crippen molar-refractivity contribution >= 4 is 11.6 Å². The summed E-state index contributed by atoms with van der Waals surface area (Å²) in [5.41, 5.74) is -0.544. The maximum atomic E-state index is 14.5. The van der Waals surface area contributed by atoms with Crippen LogP contribution in [0.25, 0.3) is 0 Å². The molecule has 0 heterocycles. The number of fused-ring (bicyclic) bond motifs is 7. The van der Waals surface area contributed by atoms with Crippen LogP contribution in [0.4, 0.5) is 0 Å². The number of carbonyl (C=O) groups is 2. The molecule has 8 atom stereocenters. The topological polar surface area (TPSA) is 93.8 Å². The van der Waals surface area contributed by atoms with Gasteiger partial charge in [-0.1, -0.05) is 54.5 Å².